The Morgan fingerprint density at radius 1 is 1.08 bits per heavy atom. The number of urea groups is 1. The van der Waals surface area contributed by atoms with Crippen molar-refractivity contribution < 1.29 is 27.5 Å². The normalized spacial score (nSPS) is 16.2. The average Bonchev–Trinajstić information content (AvgIpc) is 2.91. The van der Waals surface area contributed by atoms with Crippen LogP contribution in [0.5, 0.6) is 5.75 Å². The van der Waals surface area contributed by atoms with Gasteiger partial charge in [0.15, 0.2) is 17.3 Å². The molecule has 3 amide bonds. The van der Waals surface area contributed by atoms with Crippen molar-refractivity contribution in [3.8, 4) is 5.75 Å². The quantitative estimate of drug-likeness (QED) is 0.412. The Kier molecular flexibility index (Phi) is 8.24. The molecular formula is C28H26F3N5O3. The smallest absolute Gasteiger partial charge is 0.387 e. The molecule has 0 radical (unpaired) electrons. The molecule has 0 spiro atoms. The number of rotatable bonds is 4. The standard InChI is InChI=1S/C28H26F3N5O3/c1-32-20-7-9-21(10-8-20)33-24-18-6-4-5-17(13-18)11-12-35(2)28(38)34-22-14-19(16-36(3)26(24)37)25(23(29)15-22)39-27(30)31/h4-10,13-15,24,27,33H,11-12,16H2,2-3H3,(H,34,38)/t24-/m1/s1. The van der Waals surface area contributed by atoms with Crippen molar-refractivity contribution in [1.82, 2.24) is 9.80 Å². The first-order valence-corrected chi connectivity index (χ1v) is 12.0. The van der Waals surface area contributed by atoms with Gasteiger partial charge in [0.2, 0.25) is 5.91 Å². The number of hydrogen-bond donors (Lipinski definition) is 2. The van der Waals surface area contributed by atoms with E-state index in [2.05, 4.69) is 20.2 Å². The van der Waals surface area contributed by atoms with Crippen LogP contribution in [-0.4, -0.2) is 49.0 Å². The summed E-state index contributed by atoms with van der Waals surface area (Å²) in [6, 6.07) is 14.7. The summed E-state index contributed by atoms with van der Waals surface area (Å²) in [6.07, 6.45) is 0.481. The van der Waals surface area contributed by atoms with Gasteiger partial charge in [0.05, 0.1) is 6.57 Å². The average molecular weight is 538 g/mol. The molecule has 1 aliphatic rings. The molecule has 8 nitrogen and oxygen atoms in total. The molecule has 0 aromatic heterocycles. The van der Waals surface area contributed by atoms with Gasteiger partial charge < -0.3 is 25.2 Å². The maximum Gasteiger partial charge on any atom is 0.387 e. The number of ether oxygens (including phenoxy) is 1. The van der Waals surface area contributed by atoms with E-state index in [1.165, 1.54) is 22.9 Å². The number of benzene rings is 3. The van der Waals surface area contributed by atoms with Gasteiger partial charge in [0, 0.05) is 50.2 Å². The van der Waals surface area contributed by atoms with Crippen LogP contribution in [0.4, 0.5) is 35.0 Å². The number of amides is 3. The van der Waals surface area contributed by atoms with E-state index in [0.29, 0.717) is 29.9 Å². The highest BCUT2D eigenvalue weighted by molar-refractivity contribution is 5.90. The third-order valence-corrected chi connectivity index (χ3v) is 6.28. The van der Waals surface area contributed by atoms with Crippen molar-refractivity contribution in [2.45, 2.75) is 25.6 Å². The second-order valence-electron chi connectivity index (χ2n) is 9.10. The lowest BCUT2D eigenvalue weighted by atomic mass is 10.0. The van der Waals surface area contributed by atoms with E-state index in [9.17, 15) is 22.8 Å². The minimum Gasteiger partial charge on any atom is -0.431 e. The first kappa shape index (κ1) is 27.3. The highest BCUT2D eigenvalue weighted by Gasteiger charge is 2.27. The summed E-state index contributed by atoms with van der Waals surface area (Å²) in [5, 5.41) is 5.77. The molecule has 4 rings (SSSR count). The molecule has 4 bridgehead atoms. The Hall–Kier alpha value is -4.72. The lowest BCUT2D eigenvalue weighted by Crippen LogP contribution is -2.35. The molecule has 3 aromatic carbocycles. The van der Waals surface area contributed by atoms with Crippen LogP contribution in [0.3, 0.4) is 0 Å². The van der Waals surface area contributed by atoms with Gasteiger partial charge >= 0.3 is 12.6 Å². The second-order valence-corrected chi connectivity index (χ2v) is 9.10. The van der Waals surface area contributed by atoms with E-state index in [1.54, 1.807) is 43.4 Å². The van der Waals surface area contributed by atoms with Crippen LogP contribution < -0.4 is 15.4 Å². The fourth-order valence-electron chi connectivity index (χ4n) is 4.25. The number of alkyl halides is 2. The van der Waals surface area contributed by atoms with Crippen LogP contribution in [0.1, 0.15) is 22.7 Å². The molecule has 0 fully saturated rings. The Bertz CT molecular complexity index is 1410. The van der Waals surface area contributed by atoms with Gasteiger partial charge in [-0.2, -0.15) is 8.78 Å². The fraction of sp³-hybridized carbons (Fsp3) is 0.250. The summed E-state index contributed by atoms with van der Waals surface area (Å²) in [6.45, 7) is 3.89. The highest BCUT2D eigenvalue weighted by Crippen LogP contribution is 2.31. The maximum absolute atomic E-state index is 14.9. The summed E-state index contributed by atoms with van der Waals surface area (Å²) < 4.78 is 45.6. The number of halogens is 3. The molecule has 11 heteroatoms. The molecule has 0 saturated heterocycles. The zero-order valence-electron chi connectivity index (χ0n) is 21.2. The molecule has 2 N–H and O–H groups in total. The van der Waals surface area contributed by atoms with Gasteiger partial charge in [-0.25, -0.2) is 14.0 Å². The van der Waals surface area contributed by atoms with Crippen molar-refractivity contribution >= 4 is 29.0 Å². The molecule has 1 heterocycles. The second kappa shape index (κ2) is 11.8. The van der Waals surface area contributed by atoms with Crippen molar-refractivity contribution in [3.63, 3.8) is 0 Å². The van der Waals surface area contributed by atoms with E-state index in [0.717, 1.165) is 11.6 Å². The number of nitrogens with one attached hydrogen (secondary N) is 2. The monoisotopic (exact) mass is 537 g/mol. The molecule has 1 atom stereocenters. The molecular weight excluding hydrogens is 511 g/mol. The third kappa shape index (κ3) is 6.59. The first-order chi connectivity index (χ1) is 18.6. The molecule has 202 valence electrons. The van der Waals surface area contributed by atoms with Crippen LogP contribution in [0.15, 0.2) is 60.7 Å². The Morgan fingerprint density at radius 3 is 2.51 bits per heavy atom. The van der Waals surface area contributed by atoms with Crippen LogP contribution in [0.25, 0.3) is 4.85 Å². The summed E-state index contributed by atoms with van der Waals surface area (Å²) in [5.74, 6) is -2.23. The summed E-state index contributed by atoms with van der Waals surface area (Å²) in [7, 11) is 3.04. The minimum absolute atomic E-state index is 0.0341. The van der Waals surface area contributed by atoms with Gasteiger partial charge in [0.25, 0.3) is 0 Å². The Morgan fingerprint density at radius 2 is 1.82 bits per heavy atom. The molecule has 0 unspecified atom stereocenters. The lowest BCUT2D eigenvalue weighted by molar-refractivity contribution is -0.131. The van der Waals surface area contributed by atoms with Crippen LogP contribution in [0, 0.1) is 12.4 Å². The zero-order chi connectivity index (χ0) is 28.1. The predicted octanol–water partition coefficient (Wildman–Crippen LogP) is 5.81. The van der Waals surface area contributed by atoms with Crippen LogP contribution in [-0.2, 0) is 17.8 Å². The van der Waals surface area contributed by atoms with Crippen molar-refractivity contribution in [2.75, 3.05) is 31.3 Å². The topological polar surface area (TPSA) is 78.3 Å². The van der Waals surface area contributed by atoms with Crippen LogP contribution in [0.2, 0.25) is 0 Å². The Labute approximate surface area is 223 Å². The van der Waals surface area contributed by atoms with E-state index in [-0.39, 0.29) is 17.8 Å². The molecule has 0 saturated carbocycles. The van der Waals surface area contributed by atoms with Gasteiger partial charge in [-0.3, -0.25) is 4.79 Å². The molecule has 1 aliphatic heterocycles. The minimum atomic E-state index is -3.30. The van der Waals surface area contributed by atoms with Crippen molar-refractivity contribution in [3.05, 3.63) is 94.6 Å². The number of likely N-dealkylation sites (N-methyl/N-ethyl adjacent to an activating group) is 2. The molecule has 3 aromatic rings. The first-order valence-electron chi connectivity index (χ1n) is 12.0. The number of hydrogen-bond acceptors (Lipinski definition) is 4. The van der Waals surface area contributed by atoms with Crippen molar-refractivity contribution in [2.24, 2.45) is 0 Å². The zero-order valence-corrected chi connectivity index (χ0v) is 21.2. The number of carbonyl (C=O) groups excluding carboxylic acids is 2. The fourth-order valence-corrected chi connectivity index (χ4v) is 4.25. The molecule has 39 heavy (non-hydrogen) atoms. The predicted molar refractivity (Wildman–Crippen MR) is 140 cm³/mol. The molecule has 0 aliphatic carbocycles. The van der Waals surface area contributed by atoms with E-state index < -0.39 is 36.2 Å². The lowest BCUT2D eigenvalue weighted by Gasteiger charge is -2.27. The van der Waals surface area contributed by atoms with E-state index in [1.807, 2.05) is 12.1 Å². The number of anilines is 2. The third-order valence-electron chi connectivity index (χ3n) is 6.28. The maximum atomic E-state index is 14.9. The summed E-state index contributed by atoms with van der Waals surface area (Å²) in [4.78, 5) is 32.6. The summed E-state index contributed by atoms with van der Waals surface area (Å²) >= 11 is 0. The van der Waals surface area contributed by atoms with Crippen molar-refractivity contribution in [1.29, 1.82) is 0 Å². The number of carbonyl (C=O) groups is 2. The number of fused-ring (bicyclic) bond motifs is 4. The SMILES string of the molecule is [C-]#[N+]c1ccc(N[C@H]2C(=O)N(C)Cc3cc(cc(F)c3OC(F)F)NC(=O)N(C)CCc3cccc2c3)cc1. The van der Waals surface area contributed by atoms with Crippen LogP contribution >= 0.6 is 0 Å². The van der Waals surface area contributed by atoms with E-state index >= 15 is 0 Å². The Balaban J connectivity index is 1.78. The highest BCUT2D eigenvalue weighted by atomic mass is 19.3. The summed E-state index contributed by atoms with van der Waals surface area (Å²) in [5.41, 5.74) is 2.52. The van der Waals surface area contributed by atoms with Gasteiger partial charge in [0.1, 0.15) is 6.04 Å². The largest absolute Gasteiger partial charge is 0.431 e. The van der Waals surface area contributed by atoms with Gasteiger partial charge in [-0.1, -0.05) is 36.4 Å². The van der Waals surface area contributed by atoms with Gasteiger partial charge in [-0.15, -0.1) is 0 Å². The van der Waals surface area contributed by atoms with E-state index in [4.69, 9.17) is 6.57 Å². The number of nitrogens with zero attached hydrogens (tertiary/aromatic N) is 3. The van der Waals surface area contributed by atoms with Gasteiger partial charge in [-0.05, 0) is 35.7 Å².